The van der Waals surface area contributed by atoms with Crippen molar-refractivity contribution in [2.75, 3.05) is 0 Å². The van der Waals surface area contributed by atoms with E-state index in [4.69, 9.17) is 10.8 Å². The summed E-state index contributed by atoms with van der Waals surface area (Å²) in [6.07, 6.45) is 0.236. The minimum atomic E-state index is -1.60. The quantitative estimate of drug-likeness (QED) is 0.552. The molecule has 0 saturated heterocycles. The van der Waals surface area contributed by atoms with Crippen molar-refractivity contribution in [2.45, 2.75) is 39.2 Å². The average Bonchev–Trinajstić information content (AvgIpc) is 1.97. The highest BCUT2D eigenvalue weighted by atomic mass is 16.4. The maximum absolute atomic E-state index is 10.9. The molecule has 0 radical (unpaired) electrons. The Kier molecular flexibility index (Phi) is 3.65. The zero-order valence-electron chi connectivity index (χ0n) is 8.70. The van der Waals surface area contributed by atoms with E-state index in [1.165, 1.54) is 6.92 Å². The molecule has 4 N–H and O–H groups in total. The van der Waals surface area contributed by atoms with E-state index < -0.39 is 22.9 Å². The first-order chi connectivity index (χ1) is 6.09. The third-order valence-corrected chi connectivity index (χ3v) is 2.25. The van der Waals surface area contributed by atoms with Gasteiger partial charge in [0.1, 0.15) is 5.41 Å². The normalized spacial score (nSPS) is 16.0. The van der Waals surface area contributed by atoms with Gasteiger partial charge >= 0.3 is 5.97 Å². The first-order valence-corrected chi connectivity index (χ1v) is 4.35. The predicted octanol–water partition coefficient (Wildman–Crippen LogP) is 0.114. The van der Waals surface area contributed by atoms with Crippen LogP contribution in [0.15, 0.2) is 0 Å². The SMILES string of the molecule is CC(C)(O)CCC(C)(C(N)=O)C(=O)O. The fourth-order valence-electron chi connectivity index (χ4n) is 0.891. The maximum Gasteiger partial charge on any atom is 0.318 e. The summed E-state index contributed by atoms with van der Waals surface area (Å²) in [5.41, 5.74) is 2.41. The molecule has 0 aromatic carbocycles. The lowest BCUT2D eigenvalue weighted by Crippen LogP contribution is -2.42. The summed E-state index contributed by atoms with van der Waals surface area (Å²) >= 11 is 0. The molecule has 0 aromatic rings. The third kappa shape index (κ3) is 3.33. The van der Waals surface area contributed by atoms with E-state index in [0.29, 0.717) is 0 Å². The van der Waals surface area contributed by atoms with Crippen molar-refractivity contribution in [1.29, 1.82) is 0 Å². The van der Waals surface area contributed by atoms with Crippen LogP contribution in [-0.4, -0.2) is 27.7 Å². The van der Waals surface area contributed by atoms with Crippen molar-refractivity contribution in [1.82, 2.24) is 0 Å². The lowest BCUT2D eigenvalue weighted by atomic mass is 9.82. The second-order valence-electron chi connectivity index (χ2n) is 4.31. The van der Waals surface area contributed by atoms with Gasteiger partial charge in [0.05, 0.1) is 5.60 Å². The number of carbonyl (C=O) groups excluding carboxylic acids is 1. The van der Waals surface area contributed by atoms with Gasteiger partial charge in [-0.25, -0.2) is 0 Å². The van der Waals surface area contributed by atoms with E-state index in [-0.39, 0.29) is 12.8 Å². The van der Waals surface area contributed by atoms with E-state index in [1.807, 2.05) is 0 Å². The molecule has 0 saturated carbocycles. The standard InChI is InChI=1S/C9H17NO4/c1-8(2,14)4-5-9(3,6(10)11)7(12)13/h14H,4-5H2,1-3H3,(H2,10,11)(H,12,13). The molecule has 14 heavy (non-hydrogen) atoms. The topological polar surface area (TPSA) is 101 Å². The number of hydrogen-bond donors (Lipinski definition) is 3. The molecule has 82 valence electrons. The number of aliphatic carboxylic acids is 1. The number of aliphatic hydroxyl groups is 1. The highest BCUT2D eigenvalue weighted by molar-refractivity contribution is 6.00. The fraction of sp³-hybridized carbons (Fsp3) is 0.778. The van der Waals surface area contributed by atoms with Crippen molar-refractivity contribution in [2.24, 2.45) is 11.1 Å². The molecular formula is C9H17NO4. The van der Waals surface area contributed by atoms with Gasteiger partial charge in [-0.05, 0) is 33.6 Å². The number of nitrogens with two attached hydrogens (primary N) is 1. The zero-order chi connectivity index (χ0) is 11.6. The lowest BCUT2D eigenvalue weighted by Gasteiger charge is -2.25. The van der Waals surface area contributed by atoms with E-state index in [2.05, 4.69) is 0 Å². The molecule has 1 amide bonds. The molecule has 5 heteroatoms. The van der Waals surface area contributed by atoms with E-state index in [0.717, 1.165) is 0 Å². The van der Waals surface area contributed by atoms with Crippen LogP contribution in [0.2, 0.25) is 0 Å². The molecule has 1 atom stereocenters. The maximum atomic E-state index is 10.9. The molecule has 5 nitrogen and oxygen atoms in total. The van der Waals surface area contributed by atoms with Gasteiger partial charge in [-0.1, -0.05) is 0 Å². The highest BCUT2D eigenvalue weighted by Gasteiger charge is 2.40. The largest absolute Gasteiger partial charge is 0.480 e. The van der Waals surface area contributed by atoms with Gasteiger partial charge in [0.15, 0.2) is 0 Å². The first kappa shape index (κ1) is 12.9. The van der Waals surface area contributed by atoms with Crippen molar-refractivity contribution >= 4 is 11.9 Å². The minimum absolute atomic E-state index is 0.0289. The Morgan fingerprint density at radius 1 is 1.21 bits per heavy atom. The van der Waals surface area contributed by atoms with Crippen LogP contribution in [0.1, 0.15) is 33.6 Å². The van der Waals surface area contributed by atoms with Crippen molar-refractivity contribution in [3.63, 3.8) is 0 Å². The summed E-state index contributed by atoms with van der Waals surface area (Å²) in [7, 11) is 0. The zero-order valence-corrected chi connectivity index (χ0v) is 8.70. The summed E-state index contributed by atoms with van der Waals surface area (Å²) in [6.45, 7) is 4.37. The number of rotatable bonds is 5. The van der Waals surface area contributed by atoms with Gasteiger partial charge in [-0.2, -0.15) is 0 Å². The molecule has 0 aliphatic rings. The van der Waals surface area contributed by atoms with Crippen LogP contribution in [0, 0.1) is 5.41 Å². The van der Waals surface area contributed by atoms with Gasteiger partial charge in [-0.3, -0.25) is 9.59 Å². The van der Waals surface area contributed by atoms with Gasteiger partial charge in [-0.15, -0.1) is 0 Å². The Balaban J connectivity index is 4.56. The van der Waals surface area contributed by atoms with Gasteiger partial charge in [0.2, 0.25) is 5.91 Å². The van der Waals surface area contributed by atoms with Crippen LogP contribution in [0.25, 0.3) is 0 Å². The average molecular weight is 203 g/mol. The number of amides is 1. The van der Waals surface area contributed by atoms with Crippen molar-refractivity contribution in [3.05, 3.63) is 0 Å². The number of hydrogen-bond acceptors (Lipinski definition) is 3. The molecule has 0 spiro atoms. The Hall–Kier alpha value is -1.10. The molecule has 0 heterocycles. The predicted molar refractivity (Wildman–Crippen MR) is 50.5 cm³/mol. The highest BCUT2D eigenvalue weighted by Crippen LogP contribution is 2.26. The molecule has 1 unspecified atom stereocenters. The molecular weight excluding hydrogens is 186 g/mol. The summed E-state index contributed by atoms with van der Waals surface area (Å²) in [5.74, 6) is -2.14. The van der Waals surface area contributed by atoms with Gasteiger partial charge in [0.25, 0.3) is 0 Å². The van der Waals surface area contributed by atoms with Gasteiger partial charge in [0, 0.05) is 0 Å². The number of carbonyl (C=O) groups is 2. The Morgan fingerprint density at radius 3 is 1.86 bits per heavy atom. The summed E-state index contributed by atoms with van der Waals surface area (Å²) in [5, 5.41) is 18.2. The molecule has 0 aromatic heterocycles. The van der Waals surface area contributed by atoms with Crippen LogP contribution in [0.5, 0.6) is 0 Å². The summed E-state index contributed by atoms with van der Waals surface area (Å²) < 4.78 is 0. The van der Waals surface area contributed by atoms with Gasteiger partial charge < -0.3 is 15.9 Å². The molecule has 0 bridgehead atoms. The van der Waals surface area contributed by atoms with Crippen LogP contribution in [0.4, 0.5) is 0 Å². The summed E-state index contributed by atoms with van der Waals surface area (Å²) in [4.78, 5) is 21.7. The molecule has 0 fully saturated rings. The minimum Gasteiger partial charge on any atom is -0.480 e. The third-order valence-electron chi connectivity index (χ3n) is 2.25. The number of primary amides is 1. The van der Waals surface area contributed by atoms with E-state index >= 15 is 0 Å². The second kappa shape index (κ2) is 3.96. The number of carboxylic acids is 1. The number of carboxylic acid groups (broad SMARTS) is 1. The van der Waals surface area contributed by atoms with Crippen LogP contribution in [0.3, 0.4) is 0 Å². The lowest BCUT2D eigenvalue weighted by molar-refractivity contribution is -0.154. The fourth-order valence-corrected chi connectivity index (χ4v) is 0.891. The van der Waals surface area contributed by atoms with Crippen molar-refractivity contribution < 1.29 is 19.8 Å². The smallest absolute Gasteiger partial charge is 0.318 e. The monoisotopic (exact) mass is 203 g/mol. The van der Waals surface area contributed by atoms with Crippen molar-refractivity contribution in [3.8, 4) is 0 Å². The second-order valence-corrected chi connectivity index (χ2v) is 4.31. The molecule has 0 aliphatic carbocycles. The van der Waals surface area contributed by atoms with Crippen LogP contribution >= 0.6 is 0 Å². The van der Waals surface area contributed by atoms with E-state index in [1.54, 1.807) is 13.8 Å². The van der Waals surface area contributed by atoms with Crippen LogP contribution < -0.4 is 5.73 Å². The van der Waals surface area contributed by atoms with E-state index in [9.17, 15) is 14.7 Å². The first-order valence-electron chi connectivity index (χ1n) is 4.35. The Labute approximate surface area is 82.9 Å². The van der Waals surface area contributed by atoms with Crippen LogP contribution in [-0.2, 0) is 9.59 Å². The molecule has 0 rings (SSSR count). The summed E-state index contributed by atoms with van der Waals surface area (Å²) in [6, 6.07) is 0. The molecule has 0 aliphatic heterocycles. The Morgan fingerprint density at radius 2 is 1.64 bits per heavy atom. The Bertz CT molecular complexity index is 228.